The molecule has 6 heteroatoms. The average molecular weight is 388 g/mol. The molecule has 1 saturated heterocycles. The number of furan rings is 1. The molecule has 6 nitrogen and oxygen atoms in total. The van der Waals surface area contributed by atoms with E-state index in [0.29, 0.717) is 25.7 Å². The Kier molecular flexibility index (Phi) is 4.43. The molecule has 0 amide bonds. The first-order valence-corrected chi connectivity index (χ1v) is 10.1. The van der Waals surface area contributed by atoms with Crippen molar-refractivity contribution in [3.8, 4) is 0 Å². The molecule has 2 saturated carbocycles. The first-order valence-electron chi connectivity index (χ1n) is 10.1. The van der Waals surface area contributed by atoms with E-state index in [-0.39, 0.29) is 41.4 Å². The van der Waals surface area contributed by atoms with Crippen molar-refractivity contribution in [2.75, 3.05) is 7.11 Å². The number of esters is 2. The van der Waals surface area contributed by atoms with Gasteiger partial charge in [0.15, 0.2) is 0 Å². The second kappa shape index (κ2) is 6.46. The highest BCUT2D eigenvalue weighted by molar-refractivity contribution is 5.90. The predicted molar refractivity (Wildman–Crippen MR) is 98.9 cm³/mol. The van der Waals surface area contributed by atoms with Crippen LogP contribution in [0.1, 0.15) is 58.1 Å². The molecule has 2 aliphatic carbocycles. The van der Waals surface area contributed by atoms with Crippen molar-refractivity contribution in [3.05, 3.63) is 24.2 Å². The summed E-state index contributed by atoms with van der Waals surface area (Å²) in [6, 6.07) is 1.80. The smallest absolute Gasteiger partial charge is 0.310 e. The summed E-state index contributed by atoms with van der Waals surface area (Å²) in [5, 5.41) is 0. The minimum Gasteiger partial charge on any atom is -0.472 e. The lowest BCUT2D eigenvalue weighted by molar-refractivity contribution is -0.204. The van der Waals surface area contributed by atoms with Crippen LogP contribution in [-0.2, 0) is 23.9 Å². The van der Waals surface area contributed by atoms with E-state index in [0.717, 1.165) is 5.56 Å². The van der Waals surface area contributed by atoms with Gasteiger partial charge in [0.1, 0.15) is 11.9 Å². The Bertz CT molecular complexity index is 798. The molecule has 1 aromatic rings. The standard InChI is InChI=1S/C22H28O6/c1-12-9-15(19(24)26-4)21(2)7-5-14-20(25)28-16(13-6-8-27-11-13)10-22(14,3)18(21)17(12)23/h6,8,11-12,14-16,18H,5,7,9-10H2,1-4H3/t12-,14+,15+,16+,18?,21+,22+/m1/s1. The zero-order chi connectivity index (χ0) is 20.3. The van der Waals surface area contributed by atoms with Gasteiger partial charge in [0, 0.05) is 17.4 Å². The van der Waals surface area contributed by atoms with Gasteiger partial charge in [0.25, 0.3) is 0 Å². The van der Waals surface area contributed by atoms with E-state index in [1.165, 1.54) is 7.11 Å². The summed E-state index contributed by atoms with van der Waals surface area (Å²) in [6.07, 6.45) is 5.04. The molecule has 0 spiro atoms. The molecule has 152 valence electrons. The van der Waals surface area contributed by atoms with Crippen LogP contribution in [0.5, 0.6) is 0 Å². The Labute approximate surface area is 164 Å². The maximum atomic E-state index is 13.5. The monoisotopic (exact) mass is 388 g/mol. The van der Waals surface area contributed by atoms with E-state index >= 15 is 0 Å². The molecule has 0 aromatic carbocycles. The number of carbonyl (C=O) groups excluding carboxylic acids is 3. The van der Waals surface area contributed by atoms with Crippen molar-refractivity contribution in [2.24, 2.45) is 34.5 Å². The summed E-state index contributed by atoms with van der Waals surface area (Å²) in [6.45, 7) is 5.97. The van der Waals surface area contributed by atoms with E-state index in [4.69, 9.17) is 13.9 Å². The van der Waals surface area contributed by atoms with E-state index in [2.05, 4.69) is 0 Å². The molecule has 3 fully saturated rings. The summed E-state index contributed by atoms with van der Waals surface area (Å²) in [4.78, 5) is 39.0. The molecular formula is C22H28O6. The fourth-order valence-corrected chi connectivity index (χ4v) is 6.40. The zero-order valence-corrected chi connectivity index (χ0v) is 16.9. The summed E-state index contributed by atoms with van der Waals surface area (Å²) < 4.78 is 16.0. The Morgan fingerprint density at radius 3 is 2.64 bits per heavy atom. The van der Waals surface area contributed by atoms with Crippen LogP contribution >= 0.6 is 0 Å². The SMILES string of the molecule is COC(=O)[C@@H]1C[C@@H](C)C(=O)C2[C@@]1(C)CC[C@H]1C(=O)O[C@H](c3ccoc3)C[C@]21C. The number of cyclic esters (lactones) is 1. The number of rotatable bonds is 2. The van der Waals surface area contributed by atoms with Crippen LogP contribution in [0.25, 0.3) is 0 Å². The van der Waals surface area contributed by atoms with Crippen molar-refractivity contribution < 1.29 is 28.3 Å². The molecule has 3 aliphatic rings. The Morgan fingerprint density at radius 2 is 2.00 bits per heavy atom. The topological polar surface area (TPSA) is 82.8 Å². The van der Waals surface area contributed by atoms with Gasteiger partial charge in [-0.2, -0.15) is 0 Å². The van der Waals surface area contributed by atoms with Gasteiger partial charge in [0.2, 0.25) is 0 Å². The highest BCUT2D eigenvalue weighted by atomic mass is 16.5. The van der Waals surface area contributed by atoms with Crippen LogP contribution in [0.2, 0.25) is 0 Å². The van der Waals surface area contributed by atoms with Gasteiger partial charge in [-0.05, 0) is 42.6 Å². The molecule has 1 aromatic heterocycles. The van der Waals surface area contributed by atoms with Gasteiger partial charge < -0.3 is 13.9 Å². The fraction of sp³-hybridized carbons (Fsp3) is 0.682. The maximum absolute atomic E-state index is 13.5. The number of ketones is 1. The number of methoxy groups -OCH3 is 1. The number of hydrogen-bond acceptors (Lipinski definition) is 6. The molecule has 1 aliphatic heterocycles. The molecule has 0 radical (unpaired) electrons. The lowest BCUT2D eigenvalue weighted by Gasteiger charge is -2.61. The summed E-state index contributed by atoms with van der Waals surface area (Å²) >= 11 is 0. The highest BCUT2D eigenvalue weighted by Gasteiger charge is 2.66. The molecule has 0 N–H and O–H groups in total. The Hall–Kier alpha value is -2.11. The van der Waals surface area contributed by atoms with Crippen LogP contribution in [-0.4, -0.2) is 24.8 Å². The largest absolute Gasteiger partial charge is 0.472 e. The van der Waals surface area contributed by atoms with Crippen LogP contribution < -0.4 is 0 Å². The minimum absolute atomic E-state index is 0.162. The average Bonchev–Trinajstić information content (AvgIpc) is 3.18. The van der Waals surface area contributed by atoms with Crippen molar-refractivity contribution >= 4 is 17.7 Å². The van der Waals surface area contributed by atoms with E-state index in [9.17, 15) is 14.4 Å². The van der Waals surface area contributed by atoms with Crippen LogP contribution in [0.15, 0.2) is 23.0 Å². The highest BCUT2D eigenvalue weighted by Crippen LogP contribution is 2.65. The van der Waals surface area contributed by atoms with E-state index in [1.54, 1.807) is 18.6 Å². The van der Waals surface area contributed by atoms with Crippen molar-refractivity contribution in [3.63, 3.8) is 0 Å². The lowest BCUT2D eigenvalue weighted by atomic mass is 9.42. The van der Waals surface area contributed by atoms with Gasteiger partial charge in [-0.3, -0.25) is 14.4 Å². The second-order valence-corrected chi connectivity index (χ2v) is 9.34. The van der Waals surface area contributed by atoms with Crippen molar-refractivity contribution in [1.29, 1.82) is 0 Å². The van der Waals surface area contributed by atoms with Gasteiger partial charge in [0.05, 0.1) is 31.5 Å². The third-order valence-corrected chi connectivity index (χ3v) is 7.81. The quantitative estimate of drug-likeness (QED) is 0.719. The number of Topliss-reactive ketones (excluding diaryl/α,β-unsaturated/α-hetero) is 1. The van der Waals surface area contributed by atoms with Crippen LogP contribution in [0.4, 0.5) is 0 Å². The number of carbonyl (C=O) groups is 3. The number of hydrogen-bond donors (Lipinski definition) is 0. The van der Waals surface area contributed by atoms with Gasteiger partial charge in [-0.25, -0.2) is 0 Å². The molecule has 4 rings (SSSR count). The van der Waals surface area contributed by atoms with Crippen LogP contribution in [0, 0.1) is 34.5 Å². The van der Waals surface area contributed by atoms with Crippen molar-refractivity contribution in [1.82, 2.24) is 0 Å². The third-order valence-electron chi connectivity index (χ3n) is 7.81. The first kappa shape index (κ1) is 19.2. The van der Waals surface area contributed by atoms with Crippen LogP contribution in [0.3, 0.4) is 0 Å². The van der Waals surface area contributed by atoms with E-state index < -0.39 is 16.9 Å². The summed E-state index contributed by atoms with van der Waals surface area (Å²) in [5.41, 5.74) is -0.274. The minimum atomic E-state index is -0.567. The predicted octanol–water partition coefficient (Wildman–Crippen LogP) is 3.70. The number of fused-ring (bicyclic) bond motifs is 3. The lowest BCUT2D eigenvalue weighted by Crippen LogP contribution is -2.63. The normalized spacial score (nSPS) is 42.9. The Balaban J connectivity index is 1.79. The summed E-state index contributed by atoms with van der Waals surface area (Å²) in [5.74, 6) is -1.62. The molecule has 2 heterocycles. The molecule has 0 bridgehead atoms. The van der Waals surface area contributed by atoms with Gasteiger partial charge in [-0.1, -0.05) is 20.8 Å². The maximum Gasteiger partial charge on any atom is 0.310 e. The van der Waals surface area contributed by atoms with Gasteiger partial charge in [-0.15, -0.1) is 0 Å². The second-order valence-electron chi connectivity index (χ2n) is 9.34. The molecule has 1 unspecified atom stereocenters. The Morgan fingerprint density at radius 1 is 1.25 bits per heavy atom. The van der Waals surface area contributed by atoms with E-state index in [1.807, 2.05) is 20.8 Å². The first-order chi connectivity index (χ1) is 13.2. The number of ether oxygens (including phenoxy) is 2. The molecule has 7 atom stereocenters. The zero-order valence-electron chi connectivity index (χ0n) is 16.9. The molecular weight excluding hydrogens is 360 g/mol. The molecule has 28 heavy (non-hydrogen) atoms. The third kappa shape index (κ3) is 2.56. The fourth-order valence-electron chi connectivity index (χ4n) is 6.40. The summed E-state index contributed by atoms with van der Waals surface area (Å²) in [7, 11) is 1.40. The van der Waals surface area contributed by atoms with Gasteiger partial charge >= 0.3 is 11.9 Å². The van der Waals surface area contributed by atoms with Crippen molar-refractivity contribution in [2.45, 2.75) is 52.6 Å².